The Kier molecular flexibility index (Phi) is 5.08. The van der Waals surface area contributed by atoms with Gasteiger partial charge in [-0.3, -0.25) is 0 Å². The molecule has 0 amide bonds. The molecule has 172 valence electrons. The van der Waals surface area contributed by atoms with Crippen molar-refractivity contribution in [3.05, 3.63) is 66.2 Å². The second-order valence-electron chi connectivity index (χ2n) is 8.62. The second-order valence-corrected chi connectivity index (χ2v) is 8.62. The lowest BCUT2D eigenvalue weighted by atomic mass is 10.1. The van der Waals surface area contributed by atoms with Gasteiger partial charge in [-0.1, -0.05) is 18.2 Å². The highest BCUT2D eigenvalue weighted by Crippen LogP contribution is 2.34. The summed E-state index contributed by atoms with van der Waals surface area (Å²) in [6, 6.07) is 20.0. The first-order valence-corrected chi connectivity index (χ1v) is 11.6. The summed E-state index contributed by atoms with van der Waals surface area (Å²) in [4.78, 5) is 16.5. The van der Waals surface area contributed by atoms with Gasteiger partial charge in [0.25, 0.3) is 0 Å². The second kappa shape index (κ2) is 8.27. The molecular weight excluding hydrogens is 430 g/mol. The molecule has 0 spiro atoms. The fraction of sp³-hybridized carbons (Fsp3) is 0.259. The maximum Gasteiger partial charge on any atom is 0.335 e. The lowest BCUT2D eigenvalue weighted by Gasteiger charge is -2.24. The van der Waals surface area contributed by atoms with Crippen LogP contribution in [0.25, 0.3) is 44.2 Å². The van der Waals surface area contributed by atoms with E-state index in [1.165, 1.54) is 21.8 Å². The fourth-order valence-electron chi connectivity index (χ4n) is 5.05. The highest BCUT2D eigenvalue weighted by Gasteiger charge is 2.21. The molecule has 3 aromatic carbocycles. The van der Waals surface area contributed by atoms with Gasteiger partial charge >= 0.3 is 5.97 Å². The number of benzene rings is 3. The molecule has 2 aromatic heterocycles. The van der Waals surface area contributed by atoms with Gasteiger partial charge in [0.2, 0.25) is 0 Å². The van der Waals surface area contributed by atoms with Crippen molar-refractivity contribution in [1.29, 1.82) is 0 Å². The molecule has 1 N–H and O–H groups in total. The van der Waals surface area contributed by atoms with Crippen LogP contribution < -0.4 is 0 Å². The summed E-state index contributed by atoms with van der Waals surface area (Å²) < 4.78 is 16.0. The number of aromatic carboxylic acids is 1. The van der Waals surface area contributed by atoms with Crippen molar-refractivity contribution in [3.63, 3.8) is 0 Å². The number of aryl methyl sites for hydroxylation is 1. The third kappa shape index (κ3) is 3.36. The zero-order valence-corrected chi connectivity index (χ0v) is 18.9. The minimum atomic E-state index is -0.962. The third-order valence-corrected chi connectivity index (χ3v) is 6.61. The molecule has 0 radical (unpaired) electrons. The van der Waals surface area contributed by atoms with E-state index in [2.05, 4.69) is 58.5 Å². The first-order valence-electron chi connectivity index (χ1n) is 11.6. The summed E-state index contributed by atoms with van der Waals surface area (Å²) in [6.45, 7) is 5.32. The van der Waals surface area contributed by atoms with Crippen molar-refractivity contribution >= 4 is 38.8 Å². The van der Waals surface area contributed by atoms with E-state index < -0.39 is 5.97 Å². The normalized spacial score (nSPS) is 16.6. The Labute approximate surface area is 196 Å². The summed E-state index contributed by atoms with van der Waals surface area (Å²) in [7, 11) is 0. The van der Waals surface area contributed by atoms with E-state index in [4.69, 9.17) is 14.5 Å². The Bertz CT molecular complexity index is 1540. The number of hydrogen-bond acceptors (Lipinski definition) is 4. The number of fused-ring (bicyclic) bond motifs is 4. The van der Waals surface area contributed by atoms with Crippen LogP contribution in [0.4, 0.5) is 0 Å². The van der Waals surface area contributed by atoms with Crippen molar-refractivity contribution in [1.82, 2.24) is 14.1 Å². The maximum absolute atomic E-state index is 11.6. The molecule has 7 nitrogen and oxygen atoms in total. The number of carboxylic acid groups (broad SMARTS) is 1. The standard InChI is InChI=1S/C27H25N3O4/c1-2-29-23-6-4-3-5-20(23)21-13-17(7-9-24(21)29)26-28-22-14-18(27(31)32)8-10-25(22)30(26)15-19-16-33-11-12-34-19/h3-10,13-14,19H,2,11-12,15-16H2,1H3,(H,31,32). The van der Waals surface area contributed by atoms with Crippen LogP contribution in [0.5, 0.6) is 0 Å². The van der Waals surface area contributed by atoms with E-state index in [1.807, 2.05) is 6.07 Å². The molecular formula is C27H25N3O4. The number of aromatic nitrogens is 3. The monoisotopic (exact) mass is 455 g/mol. The molecule has 7 heteroatoms. The molecule has 0 bridgehead atoms. The van der Waals surface area contributed by atoms with Crippen LogP contribution in [0.1, 0.15) is 17.3 Å². The van der Waals surface area contributed by atoms with Gasteiger partial charge in [0.1, 0.15) is 5.82 Å². The van der Waals surface area contributed by atoms with E-state index in [0.29, 0.717) is 31.9 Å². The van der Waals surface area contributed by atoms with Crippen LogP contribution in [-0.2, 0) is 22.6 Å². The minimum Gasteiger partial charge on any atom is -0.478 e. The number of nitrogens with zero attached hydrogens (tertiary/aromatic N) is 3. The van der Waals surface area contributed by atoms with Crippen LogP contribution in [0.15, 0.2) is 60.7 Å². The molecule has 1 aliphatic rings. The average Bonchev–Trinajstić information content (AvgIpc) is 3.39. The topological polar surface area (TPSA) is 78.5 Å². The highest BCUT2D eigenvalue weighted by atomic mass is 16.6. The number of carboxylic acids is 1. The summed E-state index contributed by atoms with van der Waals surface area (Å²) in [5.74, 6) is -0.169. The zero-order chi connectivity index (χ0) is 23.2. The summed E-state index contributed by atoms with van der Waals surface area (Å²) >= 11 is 0. The van der Waals surface area contributed by atoms with Crippen LogP contribution >= 0.6 is 0 Å². The molecule has 1 fully saturated rings. The Balaban J connectivity index is 1.55. The van der Waals surface area contributed by atoms with Gasteiger partial charge in [-0.05, 0) is 49.4 Å². The van der Waals surface area contributed by atoms with Gasteiger partial charge in [-0.2, -0.15) is 0 Å². The summed E-state index contributed by atoms with van der Waals surface area (Å²) in [5, 5.41) is 11.9. The summed E-state index contributed by atoms with van der Waals surface area (Å²) in [6.07, 6.45) is -0.0882. The molecule has 3 heterocycles. The molecule has 6 rings (SSSR count). The average molecular weight is 456 g/mol. The molecule has 0 aliphatic carbocycles. The first kappa shape index (κ1) is 20.9. The van der Waals surface area contributed by atoms with Gasteiger partial charge in [0.05, 0.1) is 49.1 Å². The Hall–Kier alpha value is -3.68. The van der Waals surface area contributed by atoms with Gasteiger partial charge in [0.15, 0.2) is 0 Å². The molecule has 0 saturated carbocycles. The Morgan fingerprint density at radius 2 is 1.82 bits per heavy atom. The zero-order valence-electron chi connectivity index (χ0n) is 18.9. The SMILES string of the molecule is CCn1c2ccccc2c2cc(-c3nc4cc(C(=O)O)ccc4n3CC3COCCO3)ccc21. The number of imidazole rings is 1. The number of ether oxygens (including phenoxy) is 2. The molecule has 34 heavy (non-hydrogen) atoms. The van der Waals surface area contributed by atoms with E-state index in [9.17, 15) is 9.90 Å². The van der Waals surface area contributed by atoms with E-state index in [0.717, 1.165) is 23.4 Å². The van der Waals surface area contributed by atoms with Crippen molar-refractivity contribution < 1.29 is 19.4 Å². The van der Waals surface area contributed by atoms with E-state index in [-0.39, 0.29) is 11.7 Å². The molecule has 1 unspecified atom stereocenters. The molecule has 5 aromatic rings. The molecule has 1 atom stereocenters. The molecule has 1 saturated heterocycles. The van der Waals surface area contributed by atoms with Crippen molar-refractivity contribution in [2.75, 3.05) is 19.8 Å². The van der Waals surface area contributed by atoms with Crippen molar-refractivity contribution in [2.45, 2.75) is 26.1 Å². The predicted molar refractivity (Wildman–Crippen MR) is 131 cm³/mol. The van der Waals surface area contributed by atoms with Gasteiger partial charge < -0.3 is 23.7 Å². The van der Waals surface area contributed by atoms with Gasteiger partial charge in [-0.15, -0.1) is 0 Å². The first-order chi connectivity index (χ1) is 16.6. The lowest BCUT2D eigenvalue weighted by Crippen LogP contribution is -2.32. The number of rotatable bonds is 5. The third-order valence-electron chi connectivity index (χ3n) is 6.61. The maximum atomic E-state index is 11.6. The fourth-order valence-corrected chi connectivity index (χ4v) is 5.05. The van der Waals surface area contributed by atoms with Gasteiger partial charge in [-0.25, -0.2) is 9.78 Å². The Morgan fingerprint density at radius 3 is 2.62 bits per heavy atom. The minimum absolute atomic E-state index is 0.0882. The van der Waals surface area contributed by atoms with Crippen molar-refractivity contribution in [2.24, 2.45) is 0 Å². The van der Waals surface area contributed by atoms with Crippen molar-refractivity contribution in [3.8, 4) is 11.4 Å². The Morgan fingerprint density at radius 1 is 1.00 bits per heavy atom. The van der Waals surface area contributed by atoms with E-state index in [1.54, 1.807) is 12.1 Å². The number of hydrogen-bond donors (Lipinski definition) is 1. The van der Waals surface area contributed by atoms with Crippen LogP contribution in [0.2, 0.25) is 0 Å². The number of carbonyl (C=O) groups is 1. The van der Waals surface area contributed by atoms with Gasteiger partial charge in [0, 0.05) is 33.9 Å². The molecule has 1 aliphatic heterocycles. The van der Waals surface area contributed by atoms with Crippen LogP contribution in [0, 0.1) is 0 Å². The van der Waals surface area contributed by atoms with Crippen LogP contribution in [0.3, 0.4) is 0 Å². The lowest BCUT2D eigenvalue weighted by molar-refractivity contribution is -0.0931. The highest BCUT2D eigenvalue weighted by molar-refractivity contribution is 6.09. The summed E-state index contributed by atoms with van der Waals surface area (Å²) in [5.41, 5.74) is 5.14. The smallest absolute Gasteiger partial charge is 0.335 e. The number of para-hydroxylation sites is 1. The van der Waals surface area contributed by atoms with Crippen LogP contribution in [-0.4, -0.2) is 51.1 Å². The quantitative estimate of drug-likeness (QED) is 0.406. The predicted octanol–water partition coefficient (Wildman–Crippen LogP) is 4.94. The largest absolute Gasteiger partial charge is 0.478 e. The van der Waals surface area contributed by atoms with E-state index >= 15 is 0 Å².